The number of ether oxygens (including phenoxy) is 2. The highest BCUT2D eigenvalue weighted by atomic mass is 31.2. The van der Waals surface area contributed by atoms with Crippen LogP contribution >= 0.6 is 7.82 Å². The Hall–Kier alpha value is -3.85. The van der Waals surface area contributed by atoms with E-state index in [1.165, 1.54) is 83.5 Å². The summed E-state index contributed by atoms with van der Waals surface area (Å²) in [6.07, 6.45) is 85.2. The van der Waals surface area contributed by atoms with Gasteiger partial charge in [0.25, 0.3) is 0 Å². The number of hydrogen-bond donors (Lipinski definition) is 1. The molecule has 1 N–H and O–H groups in total. The van der Waals surface area contributed by atoms with Crippen LogP contribution in [0.1, 0.15) is 239 Å². The number of nitrogens with zero attached hydrogens (tertiary/aromatic N) is 1. The van der Waals surface area contributed by atoms with E-state index in [1.807, 2.05) is 21.1 Å². The lowest BCUT2D eigenvalue weighted by Crippen LogP contribution is -2.37. The summed E-state index contributed by atoms with van der Waals surface area (Å²) in [4.78, 5) is 35.7. The highest BCUT2D eigenvalue weighted by Gasteiger charge is 2.27. The number of likely N-dealkylation sites (N-methyl/N-ethyl adjacent to an activating group) is 1. The highest BCUT2D eigenvalue weighted by Crippen LogP contribution is 2.43. The molecule has 0 saturated heterocycles. The van der Waals surface area contributed by atoms with Crippen molar-refractivity contribution in [2.45, 2.75) is 245 Å². The number of rotatable bonds is 56. The van der Waals surface area contributed by atoms with Crippen LogP contribution in [-0.4, -0.2) is 74.9 Å². The SMILES string of the molecule is CC/C=C\C/C=C\C/C=C\C/C=C\C/C=C\C/C=C\C/C=C\C/C=C\C/C=C\CCCCCCCCCCCC(=O)OC(COC(=O)CCCCCCCCC/C=C\C/C=C\CCCCCC)COP(=O)(O)OCC[N+](C)(C)C. The van der Waals surface area contributed by atoms with Gasteiger partial charge in [-0.1, -0.05) is 244 Å². The molecule has 0 aromatic carbocycles. The molecule has 9 nitrogen and oxygen atoms in total. The summed E-state index contributed by atoms with van der Waals surface area (Å²) in [6.45, 7) is 4.28. The Kier molecular flexibility index (Phi) is 55.9. The summed E-state index contributed by atoms with van der Waals surface area (Å²) in [5.41, 5.74) is 0. The molecule has 0 spiro atoms. The Balaban J connectivity index is 4.15. The molecule has 2 atom stereocenters. The van der Waals surface area contributed by atoms with E-state index in [9.17, 15) is 19.0 Å². The molecule has 0 rings (SSSR count). The molecule has 0 aliphatic rings. The summed E-state index contributed by atoms with van der Waals surface area (Å²) in [5.74, 6) is -0.819. The van der Waals surface area contributed by atoms with E-state index in [0.717, 1.165) is 122 Å². The van der Waals surface area contributed by atoms with Crippen LogP contribution in [0.2, 0.25) is 0 Å². The van der Waals surface area contributed by atoms with E-state index in [0.29, 0.717) is 17.4 Å². The minimum atomic E-state index is -4.40. The zero-order chi connectivity index (χ0) is 57.7. The molecule has 0 aliphatic carbocycles. The van der Waals surface area contributed by atoms with Crippen LogP contribution in [0.5, 0.6) is 0 Å². The van der Waals surface area contributed by atoms with Gasteiger partial charge in [0.05, 0.1) is 27.7 Å². The van der Waals surface area contributed by atoms with Crippen molar-refractivity contribution >= 4 is 19.8 Å². The maximum Gasteiger partial charge on any atom is 0.472 e. The van der Waals surface area contributed by atoms with Gasteiger partial charge in [0.15, 0.2) is 6.10 Å². The third-order valence-corrected chi connectivity index (χ3v) is 13.9. The number of phosphoric ester groups is 1. The molecule has 0 aliphatic heterocycles. The zero-order valence-electron chi connectivity index (χ0n) is 51.1. The summed E-state index contributed by atoms with van der Waals surface area (Å²) in [7, 11) is 1.45. The molecule has 10 heteroatoms. The number of allylic oxidation sites excluding steroid dienone is 22. The second kappa shape index (κ2) is 58.8. The number of carbonyl (C=O) groups is 2. The summed E-state index contributed by atoms with van der Waals surface area (Å²) < 4.78 is 34.6. The molecule has 0 bridgehead atoms. The lowest BCUT2D eigenvalue weighted by atomic mass is 10.1. The van der Waals surface area contributed by atoms with E-state index in [4.69, 9.17) is 18.5 Å². The van der Waals surface area contributed by atoms with E-state index in [-0.39, 0.29) is 32.0 Å². The van der Waals surface area contributed by atoms with Crippen molar-refractivity contribution in [1.29, 1.82) is 0 Å². The molecule has 0 saturated carbocycles. The van der Waals surface area contributed by atoms with Crippen LogP contribution in [0.15, 0.2) is 134 Å². The first-order valence-corrected chi connectivity index (χ1v) is 32.9. The maximum atomic E-state index is 12.8. The maximum absolute atomic E-state index is 12.8. The van der Waals surface area contributed by atoms with Crippen LogP contribution in [0.4, 0.5) is 0 Å². The van der Waals surface area contributed by atoms with Crippen LogP contribution < -0.4 is 0 Å². The Bertz CT molecular complexity index is 1790. The smallest absolute Gasteiger partial charge is 0.462 e. The van der Waals surface area contributed by atoms with Gasteiger partial charge in [-0.3, -0.25) is 18.6 Å². The standard InChI is InChI=1S/C69H116NO8P/c1-6-8-10-12-14-16-18-20-22-24-26-27-28-29-30-31-32-33-34-35-36-37-38-39-40-41-42-43-44-46-48-50-52-54-56-58-60-62-69(72)78-67(66-77-79(73,74)76-64-63-70(3,4)5)65-75-68(71)61-59-57-55-53-51-49-47-45-25-23-21-19-17-15-13-11-9-7-2/h8,10,14,16-17,19-20,22-23,25-27,29-30,32-33,35-36,38-39,41-42,67H,6-7,9,11-13,15,18,21,24,28,31,34,37,40,43-66H2,1-5H3/p+1/b10-8-,16-14-,19-17-,22-20-,25-23-,27-26-,30-29-,33-32-,36-35-,39-38-,42-41-. The zero-order valence-corrected chi connectivity index (χ0v) is 52.0. The van der Waals surface area contributed by atoms with Crippen LogP contribution in [0.3, 0.4) is 0 Å². The largest absolute Gasteiger partial charge is 0.472 e. The normalized spacial score (nSPS) is 14.2. The lowest BCUT2D eigenvalue weighted by molar-refractivity contribution is -0.870. The fourth-order valence-electron chi connectivity index (χ4n) is 8.10. The Morgan fingerprint density at radius 1 is 0.405 bits per heavy atom. The van der Waals surface area contributed by atoms with Gasteiger partial charge in [-0.15, -0.1) is 0 Å². The van der Waals surface area contributed by atoms with Crippen molar-refractivity contribution in [3.05, 3.63) is 134 Å². The Labute approximate surface area is 485 Å². The molecule has 79 heavy (non-hydrogen) atoms. The third-order valence-electron chi connectivity index (χ3n) is 12.9. The van der Waals surface area contributed by atoms with Gasteiger partial charge >= 0.3 is 19.8 Å². The number of hydrogen-bond acceptors (Lipinski definition) is 7. The number of carbonyl (C=O) groups excluding carboxylic acids is 2. The van der Waals surface area contributed by atoms with E-state index >= 15 is 0 Å². The number of unbranched alkanes of at least 4 members (excludes halogenated alkanes) is 20. The topological polar surface area (TPSA) is 108 Å². The van der Waals surface area contributed by atoms with Crippen molar-refractivity contribution in [3.8, 4) is 0 Å². The quantitative estimate of drug-likeness (QED) is 0.0211. The van der Waals surface area contributed by atoms with Gasteiger partial charge in [0, 0.05) is 12.8 Å². The average molecular weight is 1120 g/mol. The minimum absolute atomic E-state index is 0.0227. The van der Waals surface area contributed by atoms with Gasteiger partial charge in [-0.25, -0.2) is 4.57 Å². The first kappa shape index (κ1) is 75.2. The van der Waals surface area contributed by atoms with Crippen LogP contribution in [-0.2, 0) is 32.7 Å². The van der Waals surface area contributed by atoms with Crippen LogP contribution in [0, 0.1) is 0 Å². The molecule has 0 aromatic rings. The van der Waals surface area contributed by atoms with Gasteiger partial charge < -0.3 is 18.9 Å². The molecule has 0 heterocycles. The molecule has 2 unspecified atom stereocenters. The number of phosphoric acid groups is 1. The second-order valence-corrected chi connectivity index (χ2v) is 23.2. The monoisotopic (exact) mass is 1120 g/mol. The summed E-state index contributed by atoms with van der Waals surface area (Å²) in [5, 5.41) is 0. The predicted octanol–water partition coefficient (Wildman–Crippen LogP) is 20.1. The molecule has 0 radical (unpaired) electrons. The highest BCUT2D eigenvalue weighted by molar-refractivity contribution is 7.47. The van der Waals surface area contributed by atoms with Gasteiger partial charge in [-0.2, -0.15) is 0 Å². The van der Waals surface area contributed by atoms with E-state index < -0.39 is 26.5 Å². The lowest BCUT2D eigenvalue weighted by Gasteiger charge is -2.24. The minimum Gasteiger partial charge on any atom is -0.462 e. The van der Waals surface area contributed by atoms with Crippen molar-refractivity contribution in [2.75, 3.05) is 47.5 Å². The summed E-state index contributed by atoms with van der Waals surface area (Å²) in [6, 6.07) is 0. The predicted molar refractivity (Wildman–Crippen MR) is 339 cm³/mol. The first-order chi connectivity index (χ1) is 38.5. The number of esters is 2. The van der Waals surface area contributed by atoms with Gasteiger partial charge in [-0.05, 0) is 116 Å². The fourth-order valence-corrected chi connectivity index (χ4v) is 8.84. The van der Waals surface area contributed by atoms with Crippen molar-refractivity contribution in [1.82, 2.24) is 0 Å². The van der Waals surface area contributed by atoms with Crippen molar-refractivity contribution in [2.24, 2.45) is 0 Å². The molecule has 0 fully saturated rings. The first-order valence-electron chi connectivity index (χ1n) is 31.4. The molecular formula is C69H117NO8P+. The second-order valence-electron chi connectivity index (χ2n) is 21.7. The molecule has 450 valence electrons. The van der Waals surface area contributed by atoms with Crippen LogP contribution in [0.25, 0.3) is 0 Å². The Morgan fingerprint density at radius 3 is 1.08 bits per heavy atom. The van der Waals surface area contributed by atoms with Gasteiger partial charge in [0.1, 0.15) is 19.8 Å². The number of quaternary nitrogens is 1. The third kappa shape index (κ3) is 63.2. The molecular weight excluding hydrogens is 1000 g/mol. The average Bonchev–Trinajstić information content (AvgIpc) is 3.41. The molecule has 0 amide bonds. The van der Waals surface area contributed by atoms with Gasteiger partial charge in [0.2, 0.25) is 0 Å². The summed E-state index contributed by atoms with van der Waals surface area (Å²) >= 11 is 0. The van der Waals surface area contributed by atoms with E-state index in [2.05, 4.69) is 148 Å². The Morgan fingerprint density at radius 2 is 0.722 bits per heavy atom. The van der Waals surface area contributed by atoms with Crippen molar-refractivity contribution < 1.29 is 42.1 Å². The fraction of sp³-hybridized carbons (Fsp3) is 0.652. The van der Waals surface area contributed by atoms with Crippen molar-refractivity contribution in [3.63, 3.8) is 0 Å². The van der Waals surface area contributed by atoms with E-state index in [1.54, 1.807) is 0 Å². The molecule has 0 aromatic heterocycles.